The highest BCUT2D eigenvalue weighted by Gasteiger charge is 2.08. The molecule has 2 heteroatoms. The molecule has 18 heavy (non-hydrogen) atoms. The molecule has 0 aliphatic rings. The van der Waals surface area contributed by atoms with Crippen molar-refractivity contribution in [2.45, 2.75) is 78.1 Å². The highest BCUT2D eigenvalue weighted by molar-refractivity contribution is 4.61. The van der Waals surface area contributed by atoms with E-state index in [0.717, 1.165) is 19.3 Å². The molecule has 2 nitrogen and oxygen atoms in total. The fourth-order valence-corrected chi connectivity index (χ4v) is 2.48. The number of rotatable bonds is 13. The van der Waals surface area contributed by atoms with Gasteiger partial charge >= 0.3 is 0 Å². The first kappa shape index (κ1) is 17.9. The molecule has 0 spiro atoms. The molecular formula is C16H34O2. The maximum atomic E-state index is 9.34. The average molecular weight is 258 g/mol. The van der Waals surface area contributed by atoms with Crippen LogP contribution in [-0.2, 0) is 0 Å². The van der Waals surface area contributed by atoms with Crippen molar-refractivity contribution >= 4 is 0 Å². The highest BCUT2D eigenvalue weighted by Crippen LogP contribution is 2.19. The lowest BCUT2D eigenvalue weighted by Gasteiger charge is -2.15. The van der Waals surface area contributed by atoms with Crippen molar-refractivity contribution in [2.24, 2.45) is 11.8 Å². The van der Waals surface area contributed by atoms with E-state index in [1.54, 1.807) is 0 Å². The first-order valence-corrected chi connectivity index (χ1v) is 8.00. The molecule has 0 aliphatic carbocycles. The van der Waals surface area contributed by atoms with Gasteiger partial charge in [-0.3, -0.25) is 0 Å². The maximum Gasteiger partial charge on any atom is 0.0459 e. The lowest BCUT2D eigenvalue weighted by molar-refractivity contribution is 0.195. The predicted molar refractivity (Wildman–Crippen MR) is 78.7 cm³/mol. The van der Waals surface area contributed by atoms with Gasteiger partial charge in [-0.25, -0.2) is 0 Å². The molecule has 0 heterocycles. The van der Waals surface area contributed by atoms with Crippen molar-refractivity contribution in [1.29, 1.82) is 0 Å². The Morgan fingerprint density at radius 2 is 1.17 bits per heavy atom. The minimum atomic E-state index is 0.330. The highest BCUT2D eigenvalue weighted by atomic mass is 16.3. The minimum absolute atomic E-state index is 0.330. The lowest BCUT2D eigenvalue weighted by atomic mass is 9.93. The zero-order chi connectivity index (χ0) is 13.6. The summed E-state index contributed by atoms with van der Waals surface area (Å²) in [4.78, 5) is 0. The van der Waals surface area contributed by atoms with Crippen molar-refractivity contribution in [2.75, 3.05) is 13.2 Å². The first-order chi connectivity index (χ1) is 8.78. The van der Waals surface area contributed by atoms with Gasteiger partial charge in [0.25, 0.3) is 0 Å². The molecule has 2 atom stereocenters. The van der Waals surface area contributed by atoms with Gasteiger partial charge in [0.2, 0.25) is 0 Å². The molecule has 2 unspecified atom stereocenters. The quantitative estimate of drug-likeness (QED) is 0.487. The van der Waals surface area contributed by atoms with Gasteiger partial charge in [-0.2, -0.15) is 0 Å². The summed E-state index contributed by atoms with van der Waals surface area (Å²) < 4.78 is 0. The summed E-state index contributed by atoms with van der Waals surface area (Å²) in [5.41, 5.74) is 0. The smallest absolute Gasteiger partial charge is 0.0459 e. The SMILES string of the molecule is CCCCCCC(CO)CCCCC(CC)CO. The van der Waals surface area contributed by atoms with Crippen molar-refractivity contribution in [1.82, 2.24) is 0 Å². The van der Waals surface area contributed by atoms with Crippen LogP contribution >= 0.6 is 0 Å². The van der Waals surface area contributed by atoms with E-state index in [0.29, 0.717) is 25.0 Å². The van der Waals surface area contributed by atoms with Gasteiger partial charge in [-0.05, 0) is 31.1 Å². The summed E-state index contributed by atoms with van der Waals surface area (Å²) in [6.45, 7) is 5.06. The van der Waals surface area contributed by atoms with Crippen molar-refractivity contribution < 1.29 is 10.2 Å². The normalized spacial score (nSPS) is 14.7. The summed E-state index contributed by atoms with van der Waals surface area (Å²) in [5.74, 6) is 0.998. The van der Waals surface area contributed by atoms with Crippen LogP contribution in [0.4, 0.5) is 0 Å². The number of hydrogen-bond donors (Lipinski definition) is 2. The van der Waals surface area contributed by atoms with E-state index >= 15 is 0 Å². The molecule has 110 valence electrons. The Kier molecular flexibility index (Phi) is 13.3. The van der Waals surface area contributed by atoms with E-state index in [1.165, 1.54) is 44.9 Å². The van der Waals surface area contributed by atoms with E-state index in [1.807, 2.05) is 0 Å². The number of aliphatic hydroxyl groups is 2. The van der Waals surface area contributed by atoms with Crippen LogP contribution in [0.15, 0.2) is 0 Å². The Balaban J connectivity index is 3.48. The lowest BCUT2D eigenvalue weighted by Crippen LogP contribution is -2.08. The van der Waals surface area contributed by atoms with Gasteiger partial charge in [0.05, 0.1) is 0 Å². The molecular weight excluding hydrogens is 224 g/mol. The van der Waals surface area contributed by atoms with E-state index < -0.39 is 0 Å². The Labute approximate surface area is 114 Å². The van der Waals surface area contributed by atoms with Gasteiger partial charge < -0.3 is 10.2 Å². The average Bonchev–Trinajstić information content (AvgIpc) is 2.41. The minimum Gasteiger partial charge on any atom is -0.396 e. The van der Waals surface area contributed by atoms with Crippen LogP contribution in [-0.4, -0.2) is 23.4 Å². The fraction of sp³-hybridized carbons (Fsp3) is 1.00. The molecule has 0 radical (unpaired) electrons. The monoisotopic (exact) mass is 258 g/mol. The number of hydrogen-bond acceptors (Lipinski definition) is 2. The largest absolute Gasteiger partial charge is 0.396 e. The second-order valence-corrected chi connectivity index (χ2v) is 5.64. The number of unbranched alkanes of at least 4 members (excludes halogenated alkanes) is 4. The maximum absolute atomic E-state index is 9.34. The molecule has 0 fully saturated rings. The van der Waals surface area contributed by atoms with Gasteiger partial charge in [0, 0.05) is 13.2 Å². The second-order valence-electron chi connectivity index (χ2n) is 5.64. The molecule has 0 bridgehead atoms. The Hall–Kier alpha value is -0.0800. The zero-order valence-corrected chi connectivity index (χ0v) is 12.5. The molecule has 0 rings (SSSR count). The summed E-state index contributed by atoms with van der Waals surface area (Å²) in [5, 5.41) is 18.5. The molecule has 0 amide bonds. The third-order valence-corrected chi connectivity index (χ3v) is 4.03. The third-order valence-electron chi connectivity index (χ3n) is 4.03. The second kappa shape index (κ2) is 13.4. The summed E-state index contributed by atoms with van der Waals surface area (Å²) in [7, 11) is 0. The van der Waals surface area contributed by atoms with Crippen LogP contribution in [0.1, 0.15) is 78.1 Å². The van der Waals surface area contributed by atoms with Crippen LogP contribution < -0.4 is 0 Å². The van der Waals surface area contributed by atoms with Crippen LogP contribution in [0.25, 0.3) is 0 Å². The summed E-state index contributed by atoms with van der Waals surface area (Å²) in [6, 6.07) is 0. The zero-order valence-electron chi connectivity index (χ0n) is 12.5. The van der Waals surface area contributed by atoms with Crippen LogP contribution in [0, 0.1) is 11.8 Å². The third kappa shape index (κ3) is 9.90. The van der Waals surface area contributed by atoms with Crippen molar-refractivity contribution in [3.05, 3.63) is 0 Å². The van der Waals surface area contributed by atoms with E-state index in [4.69, 9.17) is 5.11 Å². The Bertz CT molecular complexity index is 155. The fourth-order valence-electron chi connectivity index (χ4n) is 2.48. The van der Waals surface area contributed by atoms with E-state index in [9.17, 15) is 5.11 Å². The van der Waals surface area contributed by atoms with Crippen molar-refractivity contribution in [3.63, 3.8) is 0 Å². The van der Waals surface area contributed by atoms with Crippen LogP contribution in [0.5, 0.6) is 0 Å². The molecule has 0 aromatic heterocycles. The van der Waals surface area contributed by atoms with Crippen molar-refractivity contribution in [3.8, 4) is 0 Å². The van der Waals surface area contributed by atoms with Gasteiger partial charge in [0.15, 0.2) is 0 Å². The van der Waals surface area contributed by atoms with Crippen LogP contribution in [0.2, 0.25) is 0 Å². The summed E-state index contributed by atoms with van der Waals surface area (Å²) >= 11 is 0. The molecule has 0 saturated carbocycles. The topological polar surface area (TPSA) is 40.5 Å². The van der Waals surface area contributed by atoms with E-state index in [2.05, 4.69) is 13.8 Å². The predicted octanol–water partition coefficient (Wildman–Crippen LogP) is 4.14. The molecule has 0 saturated heterocycles. The molecule has 0 aromatic rings. The summed E-state index contributed by atoms with van der Waals surface area (Å²) in [6.07, 6.45) is 12.2. The van der Waals surface area contributed by atoms with Gasteiger partial charge in [-0.15, -0.1) is 0 Å². The molecule has 2 N–H and O–H groups in total. The van der Waals surface area contributed by atoms with E-state index in [-0.39, 0.29) is 0 Å². The Morgan fingerprint density at radius 1 is 0.667 bits per heavy atom. The first-order valence-electron chi connectivity index (χ1n) is 8.00. The standard InChI is InChI=1S/C16H34O2/c1-3-5-6-7-11-16(14-18)12-9-8-10-15(4-2)13-17/h15-18H,3-14H2,1-2H3. The van der Waals surface area contributed by atoms with Crippen LogP contribution in [0.3, 0.4) is 0 Å². The molecule has 0 aliphatic heterocycles. The number of aliphatic hydroxyl groups excluding tert-OH is 2. The van der Waals surface area contributed by atoms with Gasteiger partial charge in [-0.1, -0.05) is 58.8 Å². The van der Waals surface area contributed by atoms with Gasteiger partial charge in [0.1, 0.15) is 0 Å². The Morgan fingerprint density at radius 3 is 1.61 bits per heavy atom. The molecule has 0 aromatic carbocycles.